The van der Waals surface area contributed by atoms with Crippen LogP contribution in [0.2, 0.25) is 0 Å². The van der Waals surface area contributed by atoms with E-state index in [2.05, 4.69) is 48.0 Å². The highest BCUT2D eigenvalue weighted by molar-refractivity contribution is 9.10. The van der Waals surface area contributed by atoms with Gasteiger partial charge in [0.1, 0.15) is 0 Å². The van der Waals surface area contributed by atoms with Crippen molar-refractivity contribution >= 4 is 33.4 Å². The summed E-state index contributed by atoms with van der Waals surface area (Å²) >= 11 is 3.42. The molecule has 3 aliphatic rings. The molecule has 5 atom stereocenters. The van der Waals surface area contributed by atoms with Gasteiger partial charge >= 0.3 is 0 Å². The third-order valence-electron chi connectivity index (χ3n) is 6.93. The van der Waals surface area contributed by atoms with E-state index in [4.69, 9.17) is 0 Å². The van der Waals surface area contributed by atoms with Crippen molar-refractivity contribution in [3.05, 3.63) is 63.6 Å². The van der Waals surface area contributed by atoms with Gasteiger partial charge in [-0.3, -0.25) is 14.5 Å². The van der Waals surface area contributed by atoms with E-state index < -0.39 is 0 Å². The normalized spacial score (nSPS) is 31.7. The highest BCUT2D eigenvalue weighted by Crippen LogP contribution is 2.62. The average Bonchev–Trinajstić information content (AvgIpc) is 3.30. The number of rotatable bonds is 2. The summed E-state index contributed by atoms with van der Waals surface area (Å²) < 4.78 is 0.945. The van der Waals surface area contributed by atoms with Gasteiger partial charge in [0.05, 0.1) is 17.5 Å². The fourth-order valence-electron chi connectivity index (χ4n) is 5.82. The molecule has 27 heavy (non-hydrogen) atoms. The number of carbonyl (C=O) groups is 2. The molecule has 2 aromatic rings. The van der Waals surface area contributed by atoms with Gasteiger partial charge in [-0.25, -0.2) is 0 Å². The fourth-order valence-corrected chi connectivity index (χ4v) is 6.09. The Balaban J connectivity index is 1.50. The van der Waals surface area contributed by atoms with Gasteiger partial charge in [0, 0.05) is 4.47 Å². The molecular formula is C23H22BrNO2. The van der Waals surface area contributed by atoms with Crippen molar-refractivity contribution < 1.29 is 9.59 Å². The SMILES string of the molecule is Cc1ccc(C)c([C@@H]2C[C@H]3C[C@H]2[C@H]2C(=O)N(c4ccc(Br)cc4)C(=O)[C@H]32)c1. The number of nitrogens with zero attached hydrogens (tertiary/aromatic N) is 1. The monoisotopic (exact) mass is 423 g/mol. The minimum Gasteiger partial charge on any atom is -0.274 e. The van der Waals surface area contributed by atoms with E-state index in [-0.39, 0.29) is 29.6 Å². The van der Waals surface area contributed by atoms with Gasteiger partial charge in [0.25, 0.3) is 0 Å². The van der Waals surface area contributed by atoms with Gasteiger partial charge in [-0.15, -0.1) is 0 Å². The Bertz CT molecular complexity index is 951. The van der Waals surface area contributed by atoms with Gasteiger partial charge in [-0.1, -0.05) is 39.7 Å². The van der Waals surface area contributed by atoms with Crippen molar-refractivity contribution in [3.63, 3.8) is 0 Å². The molecule has 2 aromatic carbocycles. The molecule has 0 N–H and O–H groups in total. The first-order valence-electron chi connectivity index (χ1n) is 9.66. The van der Waals surface area contributed by atoms with Crippen LogP contribution in [0.5, 0.6) is 0 Å². The predicted molar refractivity (Wildman–Crippen MR) is 108 cm³/mol. The van der Waals surface area contributed by atoms with Crippen LogP contribution < -0.4 is 4.90 Å². The van der Waals surface area contributed by atoms with Crippen LogP contribution in [-0.2, 0) is 9.59 Å². The number of aryl methyl sites for hydroxylation is 2. The first-order chi connectivity index (χ1) is 13.0. The van der Waals surface area contributed by atoms with Crippen molar-refractivity contribution in [1.29, 1.82) is 0 Å². The van der Waals surface area contributed by atoms with Crippen LogP contribution in [0.4, 0.5) is 5.69 Å². The van der Waals surface area contributed by atoms with Crippen LogP contribution in [0.25, 0.3) is 0 Å². The Morgan fingerprint density at radius 1 is 0.926 bits per heavy atom. The van der Waals surface area contributed by atoms with Gasteiger partial charge in [0.15, 0.2) is 0 Å². The second-order valence-corrected chi connectivity index (χ2v) is 9.32. The van der Waals surface area contributed by atoms with E-state index in [1.54, 1.807) is 0 Å². The lowest BCUT2D eigenvalue weighted by molar-refractivity contribution is -0.123. The topological polar surface area (TPSA) is 37.4 Å². The van der Waals surface area contributed by atoms with Gasteiger partial charge < -0.3 is 0 Å². The van der Waals surface area contributed by atoms with Crippen LogP contribution in [0.1, 0.15) is 35.4 Å². The Labute approximate surface area is 167 Å². The maximum Gasteiger partial charge on any atom is 0.237 e. The quantitative estimate of drug-likeness (QED) is 0.637. The number of hydrogen-bond acceptors (Lipinski definition) is 2. The molecule has 3 fully saturated rings. The molecule has 0 aromatic heterocycles. The number of hydrogen-bond donors (Lipinski definition) is 0. The van der Waals surface area contributed by atoms with Crippen LogP contribution in [0.3, 0.4) is 0 Å². The molecule has 0 spiro atoms. The second-order valence-electron chi connectivity index (χ2n) is 8.40. The highest BCUT2D eigenvalue weighted by Gasteiger charge is 2.64. The summed E-state index contributed by atoms with van der Waals surface area (Å²) in [7, 11) is 0. The molecule has 1 heterocycles. The van der Waals surface area contributed by atoms with E-state index in [9.17, 15) is 9.59 Å². The summed E-state index contributed by atoms with van der Waals surface area (Å²) in [4.78, 5) is 27.9. The average molecular weight is 424 g/mol. The van der Waals surface area contributed by atoms with E-state index in [1.807, 2.05) is 24.3 Å². The summed E-state index contributed by atoms with van der Waals surface area (Å²) in [6, 6.07) is 14.1. The molecule has 2 bridgehead atoms. The summed E-state index contributed by atoms with van der Waals surface area (Å²) in [6.07, 6.45) is 2.04. The lowest BCUT2D eigenvalue weighted by atomic mass is 9.72. The second kappa shape index (κ2) is 6.03. The Morgan fingerprint density at radius 2 is 1.63 bits per heavy atom. The molecule has 0 radical (unpaired) electrons. The molecule has 138 valence electrons. The number of fused-ring (bicyclic) bond motifs is 5. The molecule has 2 saturated carbocycles. The maximum atomic E-state index is 13.3. The third kappa shape index (κ3) is 2.46. The lowest BCUT2D eigenvalue weighted by Crippen LogP contribution is -2.32. The summed E-state index contributed by atoms with van der Waals surface area (Å²) in [5.74, 6) is 0.781. The molecule has 4 heteroatoms. The van der Waals surface area contributed by atoms with E-state index in [0.29, 0.717) is 17.5 Å². The third-order valence-corrected chi connectivity index (χ3v) is 7.46. The molecule has 2 amide bonds. The zero-order chi connectivity index (χ0) is 18.9. The maximum absolute atomic E-state index is 13.3. The van der Waals surface area contributed by atoms with E-state index in [1.165, 1.54) is 21.6 Å². The highest BCUT2D eigenvalue weighted by atomic mass is 79.9. The summed E-state index contributed by atoms with van der Waals surface area (Å²) in [6.45, 7) is 4.28. The molecular weight excluding hydrogens is 402 g/mol. The molecule has 3 nitrogen and oxygen atoms in total. The smallest absolute Gasteiger partial charge is 0.237 e. The molecule has 0 unspecified atom stereocenters. The Kier molecular flexibility index (Phi) is 3.84. The van der Waals surface area contributed by atoms with E-state index >= 15 is 0 Å². The van der Waals surface area contributed by atoms with Crippen molar-refractivity contribution in [2.24, 2.45) is 23.7 Å². The number of amides is 2. The number of carbonyl (C=O) groups excluding carboxylic acids is 2. The molecule has 1 saturated heterocycles. The Hall–Kier alpha value is -1.94. The summed E-state index contributed by atoms with van der Waals surface area (Å²) in [5.41, 5.74) is 4.64. The van der Waals surface area contributed by atoms with Crippen LogP contribution >= 0.6 is 15.9 Å². The molecule has 1 aliphatic heterocycles. The van der Waals surface area contributed by atoms with Crippen molar-refractivity contribution in [3.8, 4) is 0 Å². The molecule has 5 rings (SSSR count). The number of anilines is 1. The van der Waals surface area contributed by atoms with Gasteiger partial charge in [-0.05, 0) is 79.8 Å². The zero-order valence-electron chi connectivity index (χ0n) is 15.5. The standard InChI is InChI=1S/C23H22BrNO2/c1-12-3-4-13(2)17(9-12)18-10-14-11-19(18)21-20(14)22(26)25(23(21)27)16-7-5-15(24)6-8-16/h3-9,14,18-21H,10-11H2,1-2H3/t14-,18-,19+,20+,21+/m0/s1. The fraction of sp³-hybridized carbons (Fsp3) is 0.391. The lowest BCUT2D eigenvalue weighted by Gasteiger charge is -2.30. The summed E-state index contributed by atoms with van der Waals surface area (Å²) in [5, 5.41) is 0. The molecule has 2 aliphatic carbocycles. The number of benzene rings is 2. The van der Waals surface area contributed by atoms with Crippen molar-refractivity contribution in [2.75, 3.05) is 4.90 Å². The van der Waals surface area contributed by atoms with Gasteiger partial charge in [-0.2, -0.15) is 0 Å². The van der Waals surface area contributed by atoms with Crippen molar-refractivity contribution in [1.82, 2.24) is 0 Å². The van der Waals surface area contributed by atoms with E-state index in [0.717, 1.165) is 17.3 Å². The van der Waals surface area contributed by atoms with Crippen molar-refractivity contribution in [2.45, 2.75) is 32.6 Å². The largest absolute Gasteiger partial charge is 0.274 e. The first-order valence-corrected chi connectivity index (χ1v) is 10.5. The number of imide groups is 1. The predicted octanol–water partition coefficient (Wildman–Crippen LogP) is 5.00. The van der Waals surface area contributed by atoms with Crippen LogP contribution in [0.15, 0.2) is 46.9 Å². The van der Waals surface area contributed by atoms with Crippen LogP contribution in [0, 0.1) is 37.5 Å². The van der Waals surface area contributed by atoms with Crippen LogP contribution in [-0.4, -0.2) is 11.8 Å². The minimum absolute atomic E-state index is 0.00910. The number of halogens is 1. The zero-order valence-corrected chi connectivity index (χ0v) is 17.1. The Morgan fingerprint density at radius 3 is 2.37 bits per heavy atom. The minimum atomic E-state index is -0.148. The first kappa shape index (κ1) is 17.2. The van der Waals surface area contributed by atoms with Gasteiger partial charge in [0.2, 0.25) is 11.8 Å².